The van der Waals surface area contributed by atoms with Crippen LogP contribution < -0.4 is 0 Å². The van der Waals surface area contributed by atoms with Crippen LogP contribution in [0.5, 0.6) is 0 Å². The molecule has 0 spiro atoms. The Labute approximate surface area is 106 Å². The summed E-state index contributed by atoms with van der Waals surface area (Å²) in [6, 6.07) is -1.66. The number of hydrogen-bond donors (Lipinski definition) is 2. The van der Waals surface area contributed by atoms with Crippen LogP contribution in [0.1, 0.15) is 20.8 Å². The Hall–Kier alpha value is -1.05. The number of carbonyl (C=O) groups excluding carboxylic acids is 1. The molecule has 4 unspecified atom stereocenters. The summed E-state index contributed by atoms with van der Waals surface area (Å²) >= 11 is 0. The highest BCUT2D eigenvalue weighted by Gasteiger charge is 2.52. The normalized spacial score (nSPS) is 30.5. The fourth-order valence-electron chi connectivity index (χ4n) is 2.38. The van der Waals surface area contributed by atoms with Crippen LogP contribution in [0, 0.1) is 4.91 Å². The molecular weight excluding hydrogens is 240 g/mol. The molecule has 0 aromatic carbocycles. The lowest BCUT2D eigenvalue weighted by atomic mass is 9.85. The topological polar surface area (TPSA) is 99.4 Å². The van der Waals surface area contributed by atoms with Gasteiger partial charge in [-0.15, -0.1) is 0 Å². The summed E-state index contributed by atoms with van der Waals surface area (Å²) in [5.41, 5.74) is 0. The van der Waals surface area contributed by atoms with Gasteiger partial charge in [0.25, 0.3) is 0 Å². The minimum absolute atomic E-state index is 0.145. The molecule has 0 radical (unpaired) electrons. The molecule has 0 aliphatic carbocycles. The van der Waals surface area contributed by atoms with Gasteiger partial charge < -0.3 is 19.8 Å². The van der Waals surface area contributed by atoms with Gasteiger partial charge in [-0.1, -0.05) is 5.18 Å². The van der Waals surface area contributed by atoms with Crippen molar-refractivity contribution in [3.63, 3.8) is 0 Å². The average molecular weight is 260 g/mol. The van der Waals surface area contributed by atoms with Gasteiger partial charge in [0.15, 0.2) is 0 Å². The summed E-state index contributed by atoms with van der Waals surface area (Å²) in [6.07, 6.45) is -0.786. The number of likely N-dealkylation sites (tertiary alicyclic amines) is 1. The van der Waals surface area contributed by atoms with Gasteiger partial charge in [-0.05, 0) is 13.8 Å². The highest BCUT2D eigenvalue weighted by molar-refractivity contribution is 5.75. The Bertz CT molecular complexity index is 312. The molecule has 0 aromatic heterocycles. The molecule has 104 valence electrons. The van der Waals surface area contributed by atoms with E-state index in [0.29, 0.717) is 0 Å². The summed E-state index contributed by atoms with van der Waals surface area (Å²) in [7, 11) is 0. The van der Waals surface area contributed by atoms with E-state index >= 15 is 0 Å². The van der Waals surface area contributed by atoms with Crippen LogP contribution in [-0.4, -0.2) is 64.6 Å². The summed E-state index contributed by atoms with van der Waals surface area (Å²) in [6.45, 7) is 4.31. The molecule has 0 aromatic rings. The monoisotopic (exact) mass is 260 g/mol. The Kier molecular flexibility index (Phi) is 5.18. The number of nitroso groups, excluding NO2 is 1. The highest BCUT2D eigenvalue weighted by atomic mass is 16.5. The maximum absolute atomic E-state index is 11.5. The molecule has 1 aliphatic heterocycles. The Balaban J connectivity index is 2.82. The predicted octanol–water partition coefficient (Wildman–Crippen LogP) is -0.501. The van der Waals surface area contributed by atoms with Crippen molar-refractivity contribution >= 4 is 5.91 Å². The molecule has 1 amide bonds. The maximum atomic E-state index is 11.5. The van der Waals surface area contributed by atoms with Crippen molar-refractivity contribution < 1.29 is 19.7 Å². The molecule has 0 saturated carbocycles. The number of rotatable bonds is 6. The Morgan fingerprint density at radius 3 is 2.44 bits per heavy atom. The van der Waals surface area contributed by atoms with Crippen molar-refractivity contribution in [3.05, 3.63) is 4.91 Å². The van der Waals surface area contributed by atoms with Crippen LogP contribution in [-0.2, 0) is 9.53 Å². The van der Waals surface area contributed by atoms with Crippen molar-refractivity contribution in [1.82, 2.24) is 4.90 Å². The number of aliphatic hydroxyl groups is 2. The number of nitrogens with zero attached hydrogens (tertiary/aromatic N) is 2. The molecule has 2 N–H and O–H groups in total. The minimum Gasteiger partial charge on any atom is -0.394 e. The summed E-state index contributed by atoms with van der Waals surface area (Å²) < 4.78 is 5.57. The van der Waals surface area contributed by atoms with Crippen molar-refractivity contribution in [3.8, 4) is 0 Å². The van der Waals surface area contributed by atoms with Gasteiger partial charge in [-0.25, -0.2) is 0 Å². The zero-order valence-electron chi connectivity index (χ0n) is 10.8. The third kappa shape index (κ3) is 2.68. The first-order valence-electron chi connectivity index (χ1n) is 5.96. The van der Waals surface area contributed by atoms with E-state index in [9.17, 15) is 9.70 Å². The van der Waals surface area contributed by atoms with E-state index in [-0.39, 0.29) is 24.7 Å². The standard InChI is InChI=1S/C11H20N2O5/c1-6(4-14)18-11-7(2)13(8(3)16)10(11)9(5-15)12-17/h6-7,9-11,14-15H,4-5H2,1-3H3/t6-,7?,9?,10?,11?/m0/s1. The molecule has 5 atom stereocenters. The van der Waals surface area contributed by atoms with Crippen LogP contribution in [0.2, 0.25) is 0 Å². The van der Waals surface area contributed by atoms with Crippen LogP contribution >= 0.6 is 0 Å². The Morgan fingerprint density at radius 2 is 2.06 bits per heavy atom. The van der Waals surface area contributed by atoms with Crippen LogP contribution in [0.3, 0.4) is 0 Å². The molecule has 18 heavy (non-hydrogen) atoms. The van der Waals surface area contributed by atoms with E-state index in [4.69, 9.17) is 14.9 Å². The maximum Gasteiger partial charge on any atom is 0.220 e. The first-order valence-corrected chi connectivity index (χ1v) is 5.96. The molecule has 1 heterocycles. The number of aliphatic hydroxyl groups excluding tert-OH is 2. The SMILES string of the molecule is CC(=O)N1C(C)C(O[C@@H](C)CO)C1C(CO)N=O. The first kappa shape index (κ1) is 15.0. The zero-order valence-corrected chi connectivity index (χ0v) is 10.8. The largest absolute Gasteiger partial charge is 0.394 e. The second-order valence-electron chi connectivity index (χ2n) is 4.61. The molecule has 7 nitrogen and oxygen atoms in total. The number of hydrogen-bond acceptors (Lipinski definition) is 6. The van der Waals surface area contributed by atoms with Crippen molar-refractivity contribution in [2.24, 2.45) is 5.18 Å². The first-order chi connectivity index (χ1) is 8.47. The molecule has 7 heteroatoms. The number of carbonyl (C=O) groups is 1. The molecule has 0 bridgehead atoms. The van der Waals surface area contributed by atoms with Gasteiger partial charge in [0.05, 0.1) is 31.4 Å². The second-order valence-corrected chi connectivity index (χ2v) is 4.61. The summed E-state index contributed by atoms with van der Waals surface area (Å²) in [5.74, 6) is -0.189. The van der Waals surface area contributed by atoms with Gasteiger partial charge in [0.2, 0.25) is 5.91 Å². The van der Waals surface area contributed by atoms with Crippen LogP contribution in [0.15, 0.2) is 5.18 Å². The lowest BCUT2D eigenvalue weighted by Crippen LogP contribution is -2.73. The van der Waals surface area contributed by atoms with Crippen molar-refractivity contribution in [1.29, 1.82) is 0 Å². The zero-order chi connectivity index (χ0) is 13.9. The fraction of sp³-hybridized carbons (Fsp3) is 0.909. The Morgan fingerprint density at radius 1 is 1.44 bits per heavy atom. The van der Waals surface area contributed by atoms with Gasteiger partial charge in [-0.3, -0.25) is 4.79 Å². The molecular formula is C11H20N2O5. The van der Waals surface area contributed by atoms with Gasteiger partial charge in [0, 0.05) is 6.92 Å². The van der Waals surface area contributed by atoms with E-state index in [2.05, 4.69) is 5.18 Å². The lowest BCUT2D eigenvalue weighted by Gasteiger charge is -2.54. The van der Waals surface area contributed by atoms with E-state index in [1.165, 1.54) is 11.8 Å². The van der Waals surface area contributed by atoms with Crippen molar-refractivity contribution in [2.75, 3.05) is 13.2 Å². The molecule has 1 saturated heterocycles. The summed E-state index contributed by atoms with van der Waals surface area (Å²) in [4.78, 5) is 23.7. The minimum atomic E-state index is -0.902. The van der Waals surface area contributed by atoms with E-state index in [0.717, 1.165) is 0 Å². The molecule has 1 aliphatic rings. The smallest absolute Gasteiger partial charge is 0.220 e. The second kappa shape index (κ2) is 6.21. The van der Waals surface area contributed by atoms with Crippen molar-refractivity contribution in [2.45, 2.75) is 51.1 Å². The fourth-order valence-corrected chi connectivity index (χ4v) is 2.38. The number of ether oxygens (including phenoxy) is 1. The van der Waals surface area contributed by atoms with Gasteiger partial charge in [-0.2, -0.15) is 4.91 Å². The third-order valence-electron chi connectivity index (χ3n) is 3.30. The lowest BCUT2D eigenvalue weighted by molar-refractivity contribution is -0.189. The van der Waals surface area contributed by atoms with E-state index in [1.54, 1.807) is 13.8 Å². The highest BCUT2D eigenvalue weighted by Crippen LogP contribution is 2.33. The third-order valence-corrected chi connectivity index (χ3v) is 3.30. The van der Waals surface area contributed by atoms with Crippen LogP contribution in [0.4, 0.5) is 0 Å². The quantitative estimate of drug-likeness (QED) is 0.627. The molecule has 1 rings (SSSR count). The number of amides is 1. The summed E-state index contributed by atoms with van der Waals surface area (Å²) in [5, 5.41) is 20.9. The van der Waals surface area contributed by atoms with E-state index < -0.39 is 24.8 Å². The molecule has 1 fully saturated rings. The van der Waals surface area contributed by atoms with Crippen LogP contribution in [0.25, 0.3) is 0 Å². The van der Waals surface area contributed by atoms with Gasteiger partial charge >= 0.3 is 0 Å². The average Bonchev–Trinajstić information content (AvgIpc) is 2.35. The van der Waals surface area contributed by atoms with Gasteiger partial charge in [0.1, 0.15) is 12.1 Å². The van der Waals surface area contributed by atoms with E-state index in [1.807, 2.05) is 0 Å². The predicted molar refractivity (Wildman–Crippen MR) is 63.9 cm³/mol.